The van der Waals surface area contributed by atoms with Crippen molar-refractivity contribution in [2.45, 2.75) is 6.42 Å². The lowest BCUT2D eigenvalue weighted by Crippen LogP contribution is -2.18. The van der Waals surface area contributed by atoms with E-state index in [1.165, 1.54) is 30.8 Å². The van der Waals surface area contributed by atoms with E-state index in [1.54, 1.807) is 11.3 Å². The highest BCUT2D eigenvalue weighted by Crippen LogP contribution is 2.25. The molecule has 0 bridgehead atoms. The number of nitrogens with one attached hydrogen (secondary N) is 2. The fourth-order valence-corrected chi connectivity index (χ4v) is 2.60. The van der Waals surface area contributed by atoms with E-state index in [9.17, 15) is 14.9 Å². The molecule has 1 aromatic carbocycles. The molecule has 1 amide bonds. The Balaban J connectivity index is 2.14. The number of hydrogen-bond acceptors (Lipinski definition) is 5. The number of hydrogen-bond donors (Lipinski definition) is 2. The van der Waals surface area contributed by atoms with Gasteiger partial charge in [0, 0.05) is 25.2 Å². The number of thiophene rings is 1. The van der Waals surface area contributed by atoms with E-state index in [2.05, 4.69) is 10.6 Å². The summed E-state index contributed by atoms with van der Waals surface area (Å²) in [5, 5.41) is 20.6. The Kier molecular flexibility index (Phi) is 4.89. The quantitative estimate of drug-likeness (QED) is 0.635. The first-order valence-corrected chi connectivity index (χ1v) is 7.31. The molecule has 0 spiro atoms. The second-order valence-electron chi connectivity index (χ2n) is 4.38. The molecular weight excluding hydrogens is 290 g/mol. The first kappa shape index (κ1) is 15.0. The third-order valence-corrected chi connectivity index (χ3v) is 3.72. The molecule has 110 valence electrons. The zero-order valence-electron chi connectivity index (χ0n) is 11.5. The SMILES string of the molecule is CNC(=O)c1ccc([N+](=O)[O-])c(NCCc2ccsc2)c1. The van der Waals surface area contributed by atoms with E-state index in [-0.39, 0.29) is 11.6 Å². The molecule has 2 aromatic rings. The molecule has 0 saturated carbocycles. The number of nitro groups is 1. The maximum atomic E-state index is 11.6. The normalized spacial score (nSPS) is 10.1. The van der Waals surface area contributed by atoms with Gasteiger partial charge in [-0.2, -0.15) is 11.3 Å². The van der Waals surface area contributed by atoms with Crippen LogP contribution in [-0.2, 0) is 6.42 Å². The topological polar surface area (TPSA) is 84.3 Å². The van der Waals surface area contributed by atoms with Crippen LogP contribution in [0.1, 0.15) is 15.9 Å². The largest absolute Gasteiger partial charge is 0.379 e. The smallest absolute Gasteiger partial charge is 0.292 e. The fourth-order valence-electron chi connectivity index (χ4n) is 1.90. The number of carbonyl (C=O) groups is 1. The van der Waals surface area contributed by atoms with Crippen LogP contribution in [0, 0.1) is 10.1 Å². The Morgan fingerprint density at radius 1 is 1.38 bits per heavy atom. The van der Waals surface area contributed by atoms with Crippen molar-refractivity contribution < 1.29 is 9.72 Å². The molecule has 1 aromatic heterocycles. The molecule has 21 heavy (non-hydrogen) atoms. The van der Waals surface area contributed by atoms with Crippen molar-refractivity contribution in [2.75, 3.05) is 18.9 Å². The van der Waals surface area contributed by atoms with Crippen molar-refractivity contribution in [2.24, 2.45) is 0 Å². The van der Waals surface area contributed by atoms with Gasteiger partial charge in [0.25, 0.3) is 11.6 Å². The van der Waals surface area contributed by atoms with Crippen LogP contribution in [0.4, 0.5) is 11.4 Å². The van der Waals surface area contributed by atoms with E-state index in [0.717, 1.165) is 6.42 Å². The molecule has 0 aliphatic heterocycles. The van der Waals surface area contributed by atoms with Gasteiger partial charge in [-0.1, -0.05) is 0 Å². The Labute approximate surface area is 126 Å². The molecule has 0 unspecified atom stereocenters. The number of rotatable bonds is 6. The molecule has 0 fully saturated rings. The van der Waals surface area contributed by atoms with Crippen molar-refractivity contribution >= 4 is 28.6 Å². The highest BCUT2D eigenvalue weighted by molar-refractivity contribution is 7.07. The first-order valence-electron chi connectivity index (χ1n) is 6.37. The molecule has 7 heteroatoms. The van der Waals surface area contributed by atoms with Gasteiger partial charge >= 0.3 is 0 Å². The predicted octanol–water partition coefficient (Wildman–Crippen LogP) is 2.67. The number of anilines is 1. The number of benzene rings is 1. The van der Waals surface area contributed by atoms with Crippen LogP contribution in [0.15, 0.2) is 35.0 Å². The van der Waals surface area contributed by atoms with E-state index in [4.69, 9.17) is 0 Å². The maximum Gasteiger partial charge on any atom is 0.292 e. The molecule has 0 atom stereocenters. The standard InChI is InChI=1S/C14H15N3O3S/c1-15-14(18)11-2-3-13(17(19)20)12(8-11)16-6-4-10-5-7-21-9-10/h2-3,5,7-9,16H,4,6H2,1H3,(H,15,18). The molecule has 2 rings (SSSR count). The number of amides is 1. The lowest BCUT2D eigenvalue weighted by atomic mass is 10.1. The minimum absolute atomic E-state index is 0.0343. The van der Waals surface area contributed by atoms with Crippen LogP contribution < -0.4 is 10.6 Å². The van der Waals surface area contributed by atoms with Gasteiger partial charge < -0.3 is 10.6 Å². The average molecular weight is 305 g/mol. The zero-order valence-corrected chi connectivity index (χ0v) is 12.3. The van der Waals surface area contributed by atoms with Crippen molar-refractivity contribution in [1.82, 2.24) is 5.32 Å². The Morgan fingerprint density at radius 3 is 2.81 bits per heavy atom. The number of nitrogens with zero attached hydrogens (tertiary/aromatic N) is 1. The molecule has 0 aliphatic rings. The van der Waals surface area contributed by atoms with E-state index in [0.29, 0.717) is 17.8 Å². The molecular formula is C14H15N3O3S. The Morgan fingerprint density at radius 2 is 2.19 bits per heavy atom. The number of nitro benzene ring substituents is 1. The van der Waals surface area contributed by atoms with Crippen molar-refractivity contribution in [3.63, 3.8) is 0 Å². The molecule has 0 saturated heterocycles. The van der Waals surface area contributed by atoms with E-state index >= 15 is 0 Å². The zero-order chi connectivity index (χ0) is 15.2. The van der Waals surface area contributed by atoms with Gasteiger partial charge in [0.05, 0.1) is 4.92 Å². The highest BCUT2D eigenvalue weighted by Gasteiger charge is 2.16. The molecule has 1 heterocycles. The summed E-state index contributed by atoms with van der Waals surface area (Å²) in [6, 6.07) is 6.31. The Bertz CT molecular complexity index is 641. The van der Waals surface area contributed by atoms with Crippen molar-refractivity contribution in [1.29, 1.82) is 0 Å². The van der Waals surface area contributed by atoms with Crippen LogP contribution in [0.2, 0.25) is 0 Å². The average Bonchev–Trinajstić information content (AvgIpc) is 2.99. The molecule has 6 nitrogen and oxygen atoms in total. The second kappa shape index (κ2) is 6.85. The van der Waals surface area contributed by atoms with Crippen molar-refractivity contribution in [3.05, 3.63) is 56.3 Å². The van der Waals surface area contributed by atoms with Gasteiger partial charge in [-0.15, -0.1) is 0 Å². The highest BCUT2D eigenvalue weighted by atomic mass is 32.1. The summed E-state index contributed by atoms with van der Waals surface area (Å²) in [6.45, 7) is 0.564. The summed E-state index contributed by atoms with van der Waals surface area (Å²) in [7, 11) is 1.52. The van der Waals surface area contributed by atoms with E-state index in [1.807, 2.05) is 16.8 Å². The molecule has 0 aliphatic carbocycles. The lowest BCUT2D eigenvalue weighted by molar-refractivity contribution is -0.384. The fraction of sp³-hybridized carbons (Fsp3) is 0.214. The van der Waals surface area contributed by atoms with Crippen LogP contribution >= 0.6 is 11.3 Å². The van der Waals surface area contributed by atoms with Gasteiger partial charge in [0.15, 0.2) is 0 Å². The monoisotopic (exact) mass is 305 g/mol. The summed E-state index contributed by atoms with van der Waals surface area (Å²) in [5.74, 6) is -0.272. The summed E-state index contributed by atoms with van der Waals surface area (Å²) in [5.41, 5.74) is 1.89. The molecule has 0 radical (unpaired) electrons. The summed E-state index contributed by atoms with van der Waals surface area (Å²) < 4.78 is 0. The Hall–Kier alpha value is -2.41. The van der Waals surface area contributed by atoms with Gasteiger partial charge in [-0.3, -0.25) is 14.9 Å². The van der Waals surface area contributed by atoms with Gasteiger partial charge in [-0.25, -0.2) is 0 Å². The van der Waals surface area contributed by atoms with Crippen LogP contribution in [0.25, 0.3) is 0 Å². The van der Waals surface area contributed by atoms with Gasteiger partial charge in [-0.05, 0) is 40.9 Å². The van der Waals surface area contributed by atoms with Gasteiger partial charge in [0.1, 0.15) is 5.69 Å². The lowest BCUT2D eigenvalue weighted by Gasteiger charge is -2.08. The number of carbonyl (C=O) groups excluding carboxylic acids is 1. The van der Waals surface area contributed by atoms with E-state index < -0.39 is 4.92 Å². The second-order valence-corrected chi connectivity index (χ2v) is 5.16. The third-order valence-electron chi connectivity index (χ3n) is 2.99. The summed E-state index contributed by atoms with van der Waals surface area (Å²) >= 11 is 1.61. The van der Waals surface area contributed by atoms with Gasteiger partial charge in [0.2, 0.25) is 0 Å². The maximum absolute atomic E-state index is 11.6. The van der Waals surface area contributed by atoms with Crippen LogP contribution in [0.3, 0.4) is 0 Å². The third kappa shape index (κ3) is 3.79. The summed E-state index contributed by atoms with van der Waals surface area (Å²) in [6.07, 6.45) is 0.769. The minimum atomic E-state index is -0.458. The predicted molar refractivity (Wildman–Crippen MR) is 83.0 cm³/mol. The first-order chi connectivity index (χ1) is 10.1. The molecule has 2 N–H and O–H groups in total. The van der Waals surface area contributed by atoms with Crippen molar-refractivity contribution in [3.8, 4) is 0 Å². The van der Waals surface area contributed by atoms with Crippen LogP contribution in [0.5, 0.6) is 0 Å². The minimum Gasteiger partial charge on any atom is -0.379 e. The summed E-state index contributed by atoms with van der Waals surface area (Å²) in [4.78, 5) is 22.2. The van der Waals surface area contributed by atoms with Crippen LogP contribution in [-0.4, -0.2) is 24.4 Å².